The lowest BCUT2D eigenvalue weighted by molar-refractivity contribution is 0.102. The van der Waals surface area contributed by atoms with E-state index < -0.39 is 0 Å². The topological polar surface area (TPSA) is 90.7 Å². The van der Waals surface area contributed by atoms with Crippen molar-refractivity contribution in [2.75, 3.05) is 10.6 Å². The minimum atomic E-state index is -0.373. The lowest BCUT2D eigenvalue weighted by Gasteiger charge is -2.10. The fourth-order valence-electron chi connectivity index (χ4n) is 2.25. The summed E-state index contributed by atoms with van der Waals surface area (Å²) in [5.41, 5.74) is 2.60. The molecule has 2 N–H and O–H groups in total. The molecule has 6 nitrogen and oxygen atoms in total. The maximum Gasteiger partial charge on any atom is 0.274 e. The van der Waals surface area contributed by atoms with Crippen molar-refractivity contribution in [3.63, 3.8) is 0 Å². The Kier molecular flexibility index (Phi) is 5.11. The van der Waals surface area contributed by atoms with E-state index in [2.05, 4.69) is 20.6 Å². The summed E-state index contributed by atoms with van der Waals surface area (Å²) in [5.74, 6) is -0.0921. The highest BCUT2D eigenvalue weighted by atomic mass is 35.5. The van der Waals surface area contributed by atoms with E-state index in [-0.39, 0.29) is 17.5 Å². The van der Waals surface area contributed by atoms with E-state index in [4.69, 9.17) is 16.9 Å². The van der Waals surface area contributed by atoms with Crippen molar-refractivity contribution < 1.29 is 4.79 Å². The average Bonchev–Trinajstić information content (AvgIpc) is 2.64. The zero-order chi connectivity index (χ0) is 18.5. The highest BCUT2D eigenvalue weighted by molar-refractivity contribution is 6.33. The van der Waals surface area contributed by atoms with Crippen LogP contribution >= 0.6 is 11.6 Å². The maximum absolute atomic E-state index is 12.5. The molecule has 0 spiro atoms. The fourth-order valence-corrected chi connectivity index (χ4v) is 2.43. The number of carbonyl (C=O) groups is 1. The van der Waals surface area contributed by atoms with Crippen LogP contribution in [0.15, 0.2) is 54.6 Å². The van der Waals surface area contributed by atoms with Gasteiger partial charge in [0.15, 0.2) is 0 Å². The molecule has 0 radical (unpaired) electrons. The minimum absolute atomic E-state index is 0.219. The van der Waals surface area contributed by atoms with Gasteiger partial charge in [0.1, 0.15) is 5.69 Å². The molecule has 0 aliphatic heterocycles. The number of aromatic nitrogens is 2. The largest absolute Gasteiger partial charge is 0.323 e. The van der Waals surface area contributed by atoms with E-state index in [1.165, 1.54) is 0 Å². The Labute approximate surface area is 155 Å². The number of hydrogen-bond donors (Lipinski definition) is 2. The molecular formula is C19H14ClN5O. The van der Waals surface area contributed by atoms with Gasteiger partial charge in [-0.15, -0.1) is 0 Å². The van der Waals surface area contributed by atoms with Crippen molar-refractivity contribution in [3.8, 4) is 6.07 Å². The van der Waals surface area contributed by atoms with Crippen molar-refractivity contribution >= 4 is 34.8 Å². The van der Waals surface area contributed by atoms with E-state index in [1.807, 2.05) is 18.2 Å². The van der Waals surface area contributed by atoms with Crippen LogP contribution in [0.1, 0.15) is 21.7 Å². The summed E-state index contributed by atoms with van der Waals surface area (Å²) < 4.78 is 0. The molecule has 0 unspecified atom stereocenters. The van der Waals surface area contributed by atoms with Crippen LogP contribution in [0.5, 0.6) is 0 Å². The maximum atomic E-state index is 12.5. The number of nitrogens with one attached hydrogen (secondary N) is 2. The number of nitriles is 1. The number of hydrogen-bond acceptors (Lipinski definition) is 5. The van der Waals surface area contributed by atoms with Gasteiger partial charge in [-0.25, -0.2) is 9.97 Å². The number of nitrogens with zero attached hydrogens (tertiary/aromatic N) is 3. The fraction of sp³-hybridized carbons (Fsp3) is 0.0526. The molecule has 1 heterocycles. The molecule has 3 aromatic rings. The number of amides is 1. The van der Waals surface area contributed by atoms with Gasteiger partial charge < -0.3 is 10.6 Å². The molecule has 0 saturated heterocycles. The Morgan fingerprint density at radius 1 is 1.12 bits per heavy atom. The van der Waals surface area contributed by atoms with Crippen molar-refractivity contribution in [3.05, 3.63) is 76.6 Å². The van der Waals surface area contributed by atoms with Crippen LogP contribution in [-0.4, -0.2) is 15.9 Å². The zero-order valence-corrected chi connectivity index (χ0v) is 14.6. The Morgan fingerprint density at radius 2 is 1.85 bits per heavy atom. The van der Waals surface area contributed by atoms with Crippen molar-refractivity contribution in [2.45, 2.75) is 6.92 Å². The molecule has 0 atom stereocenters. The van der Waals surface area contributed by atoms with Crippen LogP contribution in [0.3, 0.4) is 0 Å². The van der Waals surface area contributed by atoms with Crippen LogP contribution < -0.4 is 10.6 Å². The summed E-state index contributed by atoms with van der Waals surface area (Å²) in [4.78, 5) is 21.0. The predicted octanol–water partition coefficient (Wildman–Crippen LogP) is 4.31. The van der Waals surface area contributed by atoms with Crippen molar-refractivity contribution in [2.24, 2.45) is 0 Å². The Bertz CT molecular complexity index is 996. The predicted molar refractivity (Wildman–Crippen MR) is 101 cm³/mol. The van der Waals surface area contributed by atoms with E-state index in [0.29, 0.717) is 27.7 Å². The van der Waals surface area contributed by atoms with Crippen LogP contribution in [0.2, 0.25) is 5.02 Å². The van der Waals surface area contributed by atoms with E-state index in [0.717, 1.165) is 0 Å². The number of benzene rings is 2. The molecule has 2 aromatic carbocycles. The van der Waals surface area contributed by atoms with Crippen molar-refractivity contribution in [1.29, 1.82) is 5.26 Å². The smallest absolute Gasteiger partial charge is 0.274 e. The SMILES string of the molecule is Cc1cc(C(=O)Nc2ccc(C#N)cc2)nc(Nc2ccccc2Cl)n1. The second-order valence-corrected chi connectivity index (χ2v) is 5.87. The van der Waals surface area contributed by atoms with Gasteiger partial charge in [-0.1, -0.05) is 23.7 Å². The third-order valence-corrected chi connectivity index (χ3v) is 3.81. The molecule has 0 saturated carbocycles. The second-order valence-electron chi connectivity index (χ2n) is 5.47. The molecule has 128 valence electrons. The van der Waals surface area contributed by atoms with Crippen molar-refractivity contribution in [1.82, 2.24) is 9.97 Å². The van der Waals surface area contributed by atoms with Gasteiger partial charge >= 0.3 is 0 Å². The first-order valence-electron chi connectivity index (χ1n) is 7.74. The number of carbonyl (C=O) groups excluding carboxylic acids is 1. The first-order chi connectivity index (χ1) is 12.5. The normalized spacial score (nSPS) is 10.0. The summed E-state index contributed by atoms with van der Waals surface area (Å²) in [7, 11) is 0. The molecule has 3 rings (SSSR count). The third kappa shape index (κ3) is 4.15. The molecule has 26 heavy (non-hydrogen) atoms. The first kappa shape index (κ1) is 17.4. The van der Waals surface area contributed by atoms with Crippen LogP contribution in [-0.2, 0) is 0 Å². The lowest BCUT2D eigenvalue weighted by Crippen LogP contribution is -2.15. The van der Waals surface area contributed by atoms with Gasteiger partial charge in [0, 0.05) is 11.4 Å². The van der Waals surface area contributed by atoms with Crippen LogP contribution in [0.25, 0.3) is 0 Å². The summed E-state index contributed by atoms with van der Waals surface area (Å²) in [6.45, 7) is 1.78. The number of aryl methyl sites for hydroxylation is 1. The average molecular weight is 364 g/mol. The quantitative estimate of drug-likeness (QED) is 0.720. The number of anilines is 3. The molecule has 0 aliphatic carbocycles. The van der Waals surface area contributed by atoms with E-state index >= 15 is 0 Å². The number of halogens is 1. The number of rotatable bonds is 4. The Hall–Kier alpha value is -3.43. The molecular weight excluding hydrogens is 350 g/mol. The number of para-hydroxylation sites is 1. The highest BCUT2D eigenvalue weighted by Gasteiger charge is 2.12. The third-order valence-electron chi connectivity index (χ3n) is 3.48. The van der Waals surface area contributed by atoms with Gasteiger partial charge in [0.05, 0.1) is 22.3 Å². The minimum Gasteiger partial charge on any atom is -0.323 e. The highest BCUT2D eigenvalue weighted by Crippen LogP contribution is 2.23. The summed E-state index contributed by atoms with van der Waals surface area (Å²) in [6, 6.07) is 17.4. The van der Waals surface area contributed by atoms with Gasteiger partial charge in [-0.05, 0) is 49.4 Å². The first-order valence-corrected chi connectivity index (χ1v) is 8.12. The van der Waals surface area contributed by atoms with Crippen LogP contribution in [0, 0.1) is 18.3 Å². The Balaban J connectivity index is 1.81. The van der Waals surface area contributed by atoms with Crippen LogP contribution in [0.4, 0.5) is 17.3 Å². The standard InChI is InChI=1S/C19H14ClN5O/c1-12-10-17(18(26)23-14-8-6-13(11-21)7-9-14)25-19(22-12)24-16-5-3-2-4-15(16)20/h2-10H,1H3,(H,23,26)(H,22,24,25). The second kappa shape index (κ2) is 7.64. The van der Waals surface area contributed by atoms with E-state index in [1.54, 1.807) is 49.4 Å². The molecule has 7 heteroatoms. The van der Waals surface area contributed by atoms with Gasteiger partial charge in [0.25, 0.3) is 5.91 Å². The van der Waals surface area contributed by atoms with E-state index in [9.17, 15) is 4.79 Å². The molecule has 0 fully saturated rings. The Morgan fingerprint density at radius 3 is 2.54 bits per heavy atom. The van der Waals surface area contributed by atoms with Gasteiger partial charge in [0.2, 0.25) is 5.95 Å². The summed E-state index contributed by atoms with van der Waals surface area (Å²) >= 11 is 6.13. The zero-order valence-electron chi connectivity index (χ0n) is 13.8. The molecule has 1 amide bonds. The molecule has 0 bridgehead atoms. The summed E-state index contributed by atoms with van der Waals surface area (Å²) in [6.07, 6.45) is 0. The lowest BCUT2D eigenvalue weighted by atomic mass is 10.2. The summed E-state index contributed by atoms with van der Waals surface area (Å²) in [5, 5.41) is 15.1. The molecule has 0 aliphatic rings. The monoisotopic (exact) mass is 363 g/mol. The van der Waals surface area contributed by atoms with Gasteiger partial charge in [-0.2, -0.15) is 5.26 Å². The van der Waals surface area contributed by atoms with Gasteiger partial charge in [-0.3, -0.25) is 4.79 Å². The molecule has 1 aromatic heterocycles.